The molecule has 0 bridgehead atoms. The Morgan fingerprint density at radius 2 is 1.45 bits per heavy atom. The van der Waals surface area contributed by atoms with Gasteiger partial charge in [0.1, 0.15) is 0 Å². The van der Waals surface area contributed by atoms with Gasteiger partial charge in [-0.25, -0.2) is 0 Å². The minimum atomic E-state index is 0. The van der Waals surface area contributed by atoms with E-state index in [0.717, 1.165) is 25.3 Å². The number of ether oxygens (including phenoxy) is 1. The van der Waals surface area contributed by atoms with Gasteiger partial charge < -0.3 is 10.1 Å². The van der Waals surface area contributed by atoms with Gasteiger partial charge in [-0.05, 0) is 25.7 Å². The van der Waals surface area contributed by atoms with Crippen LogP contribution in [0.25, 0.3) is 0 Å². The molecular formula is C8H16ClNO. The molecule has 0 aromatic carbocycles. The highest BCUT2D eigenvalue weighted by Gasteiger charge is 2.25. The minimum absolute atomic E-state index is 0. The third-order valence-corrected chi connectivity index (χ3v) is 2.27. The van der Waals surface area contributed by atoms with E-state index in [4.69, 9.17) is 4.74 Å². The van der Waals surface area contributed by atoms with Crippen LogP contribution in [0.2, 0.25) is 0 Å². The van der Waals surface area contributed by atoms with Gasteiger partial charge in [-0.1, -0.05) is 0 Å². The van der Waals surface area contributed by atoms with Gasteiger partial charge in [0.25, 0.3) is 0 Å². The lowest BCUT2D eigenvalue weighted by atomic mass is 10.1. The van der Waals surface area contributed by atoms with Crippen molar-refractivity contribution in [3.8, 4) is 0 Å². The van der Waals surface area contributed by atoms with E-state index in [0.29, 0.717) is 0 Å². The summed E-state index contributed by atoms with van der Waals surface area (Å²) in [4.78, 5) is 0. The van der Waals surface area contributed by atoms with Gasteiger partial charge in [-0.2, -0.15) is 0 Å². The fraction of sp³-hybridized carbons (Fsp3) is 1.00. The highest BCUT2D eigenvalue weighted by atomic mass is 35.5. The molecule has 2 fully saturated rings. The van der Waals surface area contributed by atoms with Crippen LogP contribution in [0.1, 0.15) is 25.7 Å². The van der Waals surface area contributed by atoms with E-state index in [1.165, 1.54) is 25.7 Å². The summed E-state index contributed by atoms with van der Waals surface area (Å²) in [5, 5.41) is 3.61. The second kappa shape index (κ2) is 4.29. The van der Waals surface area contributed by atoms with Crippen molar-refractivity contribution in [1.82, 2.24) is 5.32 Å². The lowest BCUT2D eigenvalue weighted by Gasteiger charge is -2.22. The molecule has 1 heterocycles. The normalized spacial score (nSPS) is 26.2. The Bertz CT molecular complexity index is 111. The maximum absolute atomic E-state index is 5.26. The molecule has 2 rings (SSSR count). The summed E-state index contributed by atoms with van der Waals surface area (Å²) in [6.45, 7) is 1.93. The highest BCUT2D eigenvalue weighted by molar-refractivity contribution is 5.85. The molecule has 0 spiro atoms. The van der Waals surface area contributed by atoms with Crippen LogP contribution in [-0.2, 0) is 4.74 Å². The van der Waals surface area contributed by atoms with Crippen LogP contribution in [0.15, 0.2) is 0 Å². The topological polar surface area (TPSA) is 21.3 Å². The van der Waals surface area contributed by atoms with E-state index >= 15 is 0 Å². The molecule has 0 unspecified atom stereocenters. The van der Waals surface area contributed by atoms with Crippen molar-refractivity contribution in [2.45, 2.75) is 37.8 Å². The molecule has 0 aromatic heterocycles. The van der Waals surface area contributed by atoms with E-state index in [-0.39, 0.29) is 12.4 Å². The van der Waals surface area contributed by atoms with E-state index < -0.39 is 0 Å². The number of hydrogen-bond acceptors (Lipinski definition) is 2. The molecule has 0 radical (unpaired) electrons. The predicted molar refractivity (Wildman–Crippen MR) is 47.2 cm³/mol. The molecule has 1 saturated carbocycles. The van der Waals surface area contributed by atoms with Crippen molar-refractivity contribution in [2.75, 3.05) is 13.2 Å². The zero-order chi connectivity index (χ0) is 6.81. The monoisotopic (exact) mass is 177 g/mol. The number of nitrogens with one attached hydrogen (secondary N) is 1. The number of rotatable bonds is 2. The van der Waals surface area contributed by atoms with E-state index in [2.05, 4.69) is 5.32 Å². The molecule has 1 aliphatic carbocycles. The molecule has 11 heavy (non-hydrogen) atoms. The van der Waals surface area contributed by atoms with Crippen molar-refractivity contribution in [3.05, 3.63) is 0 Å². The Labute approximate surface area is 74.1 Å². The molecular weight excluding hydrogens is 162 g/mol. The van der Waals surface area contributed by atoms with Gasteiger partial charge in [0.2, 0.25) is 0 Å². The van der Waals surface area contributed by atoms with E-state index in [1.807, 2.05) is 0 Å². The average molecular weight is 178 g/mol. The first-order valence-corrected chi connectivity index (χ1v) is 4.29. The highest BCUT2D eigenvalue weighted by Crippen LogP contribution is 2.21. The van der Waals surface area contributed by atoms with Gasteiger partial charge in [0.15, 0.2) is 0 Å². The van der Waals surface area contributed by atoms with E-state index in [9.17, 15) is 0 Å². The first-order chi connectivity index (χ1) is 4.95. The molecule has 66 valence electrons. The molecule has 0 amide bonds. The van der Waals surface area contributed by atoms with Crippen molar-refractivity contribution in [1.29, 1.82) is 0 Å². The van der Waals surface area contributed by atoms with Gasteiger partial charge in [0, 0.05) is 25.3 Å². The second-order valence-corrected chi connectivity index (χ2v) is 3.33. The first kappa shape index (κ1) is 9.30. The molecule has 2 aliphatic rings. The largest absolute Gasteiger partial charge is 0.381 e. The Hall–Kier alpha value is 0.210. The summed E-state index contributed by atoms with van der Waals surface area (Å²) < 4.78 is 5.26. The van der Waals surface area contributed by atoms with E-state index in [1.54, 1.807) is 0 Å². The Balaban J connectivity index is 0.000000605. The van der Waals surface area contributed by atoms with Crippen LogP contribution in [0.4, 0.5) is 0 Å². The molecule has 0 atom stereocenters. The maximum atomic E-state index is 5.26. The predicted octanol–water partition coefficient (Wildman–Crippen LogP) is 1.34. The molecule has 1 aliphatic heterocycles. The molecule has 0 aromatic rings. The third-order valence-electron chi connectivity index (χ3n) is 2.27. The van der Waals surface area contributed by atoms with Crippen molar-refractivity contribution < 1.29 is 4.74 Å². The standard InChI is InChI=1S/C8H15NO.ClH/c1-2-7(1)9-8-3-5-10-6-4-8;/h7-9H,1-6H2;1H. The number of halogens is 1. The van der Waals surface area contributed by atoms with Crippen LogP contribution >= 0.6 is 12.4 Å². The summed E-state index contributed by atoms with van der Waals surface area (Å²) in [6, 6.07) is 1.63. The zero-order valence-electron chi connectivity index (χ0n) is 6.71. The van der Waals surface area contributed by atoms with Crippen LogP contribution in [0.3, 0.4) is 0 Å². The molecule has 1 saturated heterocycles. The SMILES string of the molecule is C1CC(NC2CC2)CCO1.Cl. The summed E-state index contributed by atoms with van der Waals surface area (Å²) >= 11 is 0. The van der Waals surface area contributed by atoms with Crippen LogP contribution in [-0.4, -0.2) is 25.3 Å². The Morgan fingerprint density at radius 3 is 2.00 bits per heavy atom. The quantitative estimate of drug-likeness (QED) is 0.688. The van der Waals surface area contributed by atoms with Gasteiger partial charge in [-0.15, -0.1) is 12.4 Å². The summed E-state index contributed by atoms with van der Waals surface area (Å²) in [7, 11) is 0. The molecule has 2 nitrogen and oxygen atoms in total. The first-order valence-electron chi connectivity index (χ1n) is 4.29. The molecule has 3 heteroatoms. The Morgan fingerprint density at radius 1 is 0.909 bits per heavy atom. The number of hydrogen-bond donors (Lipinski definition) is 1. The maximum Gasteiger partial charge on any atom is 0.0480 e. The fourth-order valence-electron chi connectivity index (χ4n) is 1.45. The summed E-state index contributed by atoms with van der Waals surface area (Å²) in [5.41, 5.74) is 0. The summed E-state index contributed by atoms with van der Waals surface area (Å²) in [6.07, 6.45) is 5.24. The van der Waals surface area contributed by atoms with Crippen LogP contribution in [0, 0.1) is 0 Å². The van der Waals surface area contributed by atoms with Crippen molar-refractivity contribution in [2.24, 2.45) is 0 Å². The lowest BCUT2D eigenvalue weighted by Crippen LogP contribution is -2.35. The van der Waals surface area contributed by atoms with Gasteiger partial charge >= 0.3 is 0 Å². The van der Waals surface area contributed by atoms with Crippen molar-refractivity contribution in [3.63, 3.8) is 0 Å². The zero-order valence-corrected chi connectivity index (χ0v) is 7.53. The molecule has 1 N–H and O–H groups in total. The van der Waals surface area contributed by atoms with Crippen LogP contribution in [0.5, 0.6) is 0 Å². The van der Waals surface area contributed by atoms with Crippen molar-refractivity contribution >= 4 is 12.4 Å². The third kappa shape index (κ3) is 2.97. The van der Waals surface area contributed by atoms with Crippen LogP contribution < -0.4 is 5.32 Å². The lowest BCUT2D eigenvalue weighted by molar-refractivity contribution is 0.0776. The smallest absolute Gasteiger partial charge is 0.0480 e. The minimum Gasteiger partial charge on any atom is -0.381 e. The Kier molecular flexibility index (Phi) is 3.63. The average Bonchev–Trinajstić information content (AvgIpc) is 2.74. The van der Waals surface area contributed by atoms with Gasteiger partial charge in [-0.3, -0.25) is 0 Å². The second-order valence-electron chi connectivity index (χ2n) is 3.33. The fourth-order valence-corrected chi connectivity index (χ4v) is 1.45. The van der Waals surface area contributed by atoms with Gasteiger partial charge in [0.05, 0.1) is 0 Å². The summed E-state index contributed by atoms with van der Waals surface area (Å²) in [5.74, 6) is 0.